The van der Waals surface area contributed by atoms with Crippen molar-refractivity contribution in [3.8, 4) is 6.07 Å². The molecule has 1 aromatic heterocycles. The number of nitriles is 1. The van der Waals surface area contributed by atoms with Crippen molar-refractivity contribution < 1.29 is 0 Å². The van der Waals surface area contributed by atoms with E-state index in [9.17, 15) is 0 Å². The number of hydrogen-bond acceptors (Lipinski definition) is 4. The van der Waals surface area contributed by atoms with Gasteiger partial charge in [-0.3, -0.25) is 0 Å². The van der Waals surface area contributed by atoms with Crippen molar-refractivity contribution in [3.63, 3.8) is 0 Å². The molecule has 0 spiro atoms. The Morgan fingerprint density at radius 1 is 1.50 bits per heavy atom. The summed E-state index contributed by atoms with van der Waals surface area (Å²) in [5.41, 5.74) is 6.20. The van der Waals surface area contributed by atoms with Gasteiger partial charge in [-0.15, -0.1) is 0 Å². The van der Waals surface area contributed by atoms with E-state index in [1.54, 1.807) is 6.07 Å². The molecule has 4 heteroatoms. The van der Waals surface area contributed by atoms with Gasteiger partial charge in [0.2, 0.25) is 0 Å². The van der Waals surface area contributed by atoms with E-state index in [0.29, 0.717) is 11.4 Å². The number of fused-ring (bicyclic) bond motifs is 1. The maximum absolute atomic E-state index is 8.75. The summed E-state index contributed by atoms with van der Waals surface area (Å²) in [5, 5.41) is 9.53. The molecule has 0 fully saturated rings. The van der Waals surface area contributed by atoms with Crippen molar-refractivity contribution in [1.82, 2.24) is 4.37 Å². The van der Waals surface area contributed by atoms with Crippen molar-refractivity contribution in [3.05, 3.63) is 23.8 Å². The third kappa shape index (κ3) is 0.840. The summed E-state index contributed by atoms with van der Waals surface area (Å²) >= 11 is 1.32. The number of benzene rings is 1. The maximum Gasteiger partial charge on any atom is 0.146 e. The second-order valence-corrected chi connectivity index (χ2v) is 3.16. The van der Waals surface area contributed by atoms with Crippen LogP contribution in [0.25, 0.3) is 10.1 Å². The van der Waals surface area contributed by atoms with E-state index in [4.69, 9.17) is 11.0 Å². The molecule has 12 heavy (non-hydrogen) atoms. The van der Waals surface area contributed by atoms with Crippen LogP contribution in [0.15, 0.2) is 18.2 Å². The first-order valence-electron chi connectivity index (χ1n) is 3.37. The van der Waals surface area contributed by atoms with E-state index in [1.165, 1.54) is 11.5 Å². The van der Waals surface area contributed by atoms with Crippen LogP contribution in [-0.2, 0) is 0 Å². The second kappa shape index (κ2) is 2.47. The number of anilines is 1. The summed E-state index contributed by atoms with van der Waals surface area (Å²) in [6, 6.07) is 7.57. The van der Waals surface area contributed by atoms with Gasteiger partial charge < -0.3 is 5.73 Å². The van der Waals surface area contributed by atoms with Crippen molar-refractivity contribution in [2.24, 2.45) is 0 Å². The zero-order chi connectivity index (χ0) is 8.55. The average molecular weight is 175 g/mol. The topological polar surface area (TPSA) is 62.7 Å². The molecule has 0 bridgehead atoms. The van der Waals surface area contributed by atoms with Gasteiger partial charge in [0, 0.05) is 0 Å². The summed E-state index contributed by atoms with van der Waals surface area (Å²) in [5.74, 6) is 0.451. The Labute approximate surface area is 73.2 Å². The quantitative estimate of drug-likeness (QED) is 0.663. The highest BCUT2D eigenvalue weighted by molar-refractivity contribution is 7.13. The lowest BCUT2D eigenvalue weighted by molar-refractivity contribution is 1.50. The van der Waals surface area contributed by atoms with E-state index < -0.39 is 0 Å². The zero-order valence-electron chi connectivity index (χ0n) is 6.11. The highest BCUT2D eigenvalue weighted by Gasteiger charge is 2.06. The van der Waals surface area contributed by atoms with Gasteiger partial charge in [0.15, 0.2) is 0 Å². The standard InChI is InChI=1S/C8H5N3S/c9-4-5-2-1-3-6-7(5)8(10)11-12-6/h1-3H,(H2,10,11). The molecule has 0 radical (unpaired) electrons. The largest absolute Gasteiger partial charge is 0.382 e. The molecule has 2 N–H and O–H groups in total. The SMILES string of the molecule is N#Cc1cccc2snc(N)c12. The van der Waals surface area contributed by atoms with Crippen molar-refractivity contribution in [2.75, 3.05) is 5.73 Å². The Morgan fingerprint density at radius 3 is 3.08 bits per heavy atom. The van der Waals surface area contributed by atoms with E-state index >= 15 is 0 Å². The Morgan fingerprint density at radius 2 is 2.33 bits per heavy atom. The summed E-state index contributed by atoms with van der Waals surface area (Å²) in [6.45, 7) is 0. The van der Waals surface area contributed by atoms with Crippen LogP contribution in [-0.4, -0.2) is 4.37 Å². The summed E-state index contributed by atoms with van der Waals surface area (Å²) < 4.78 is 4.94. The molecule has 0 amide bonds. The van der Waals surface area contributed by atoms with Gasteiger partial charge >= 0.3 is 0 Å². The van der Waals surface area contributed by atoms with Crippen LogP contribution in [0.3, 0.4) is 0 Å². The van der Waals surface area contributed by atoms with Gasteiger partial charge in [-0.1, -0.05) is 6.07 Å². The molecule has 58 valence electrons. The van der Waals surface area contributed by atoms with Gasteiger partial charge in [-0.05, 0) is 23.7 Å². The molecule has 0 aliphatic rings. The number of aromatic nitrogens is 1. The first-order valence-corrected chi connectivity index (χ1v) is 4.14. The fourth-order valence-corrected chi connectivity index (χ4v) is 1.84. The minimum atomic E-state index is 0.451. The molecule has 3 nitrogen and oxygen atoms in total. The van der Waals surface area contributed by atoms with Crippen LogP contribution in [0.2, 0.25) is 0 Å². The smallest absolute Gasteiger partial charge is 0.146 e. The Hall–Kier alpha value is -1.60. The number of rotatable bonds is 0. The molecule has 2 rings (SSSR count). The minimum Gasteiger partial charge on any atom is -0.382 e. The van der Waals surface area contributed by atoms with Gasteiger partial charge in [0.25, 0.3) is 0 Å². The molecule has 0 saturated heterocycles. The van der Waals surface area contributed by atoms with Crippen LogP contribution < -0.4 is 5.73 Å². The number of nitrogen functional groups attached to an aromatic ring is 1. The minimum absolute atomic E-state index is 0.451. The van der Waals surface area contributed by atoms with Gasteiger partial charge in [-0.2, -0.15) is 9.64 Å². The summed E-state index contributed by atoms with van der Waals surface area (Å²) in [4.78, 5) is 0. The number of nitrogens with zero attached hydrogens (tertiary/aromatic N) is 2. The van der Waals surface area contributed by atoms with Crippen LogP contribution in [0.5, 0.6) is 0 Å². The monoisotopic (exact) mass is 175 g/mol. The Balaban J connectivity index is 2.96. The van der Waals surface area contributed by atoms with Crippen LogP contribution >= 0.6 is 11.5 Å². The number of nitrogens with two attached hydrogens (primary N) is 1. The lowest BCUT2D eigenvalue weighted by Gasteiger charge is -1.91. The molecule has 0 aliphatic carbocycles. The van der Waals surface area contributed by atoms with Crippen molar-refractivity contribution >= 4 is 27.4 Å². The third-order valence-electron chi connectivity index (χ3n) is 1.65. The predicted molar refractivity (Wildman–Crippen MR) is 48.7 cm³/mol. The summed E-state index contributed by atoms with van der Waals surface area (Å²) in [7, 11) is 0. The fourth-order valence-electron chi connectivity index (χ4n) is 1.11. The van der Waals surface area contributed by atoms with E-state index in [-0.39, 0.29) is 0 Å². The highest BCUT2D eigenvalue weighted by atomic mass is 32.1. The molecule has 0 atom stereocenters. The average Bonchev–Trinajstić information content (AvgIpc) is 2.48. The summed E-state index contributed by atoms with van der Waals surface area (Å²) in [6.07, 6.45) is 0. The van der Waals surface area contributed by atoms with E-state index in [2.05, 4.69) is 10.4 Å². The molecule has 0 unspecified atom stereocenters. The van der Waals surface area contributed by atoms with Gasteiger partial charge in [-0.25, -0.2) is 0 Å². The molecule has 1 heterocycles. The third-order valence-corrected chi connectivity index (χ3v) is 2.47. The van der Waals surface area contributed by atoms with Gasteiger partial charge in [0.05, 0.1) is 21.7 Å². The molecule has 1 aromatic carbocycles. The molecule has 0 aliphatic heterocycles. The first kappa shape index (κ1) is 7.07. The van der Waals surface area contributed by atoms with E-state index in [1.807, 2.05) is 12.1 Å². The lowest BCUT2D eigenvalue weighted by atomic mass is 10.1. The maximum atomic E-state index is 8.75. The van der Waals surface area contributed by atoms with E-state index in [0.717, 1.165) is 10.1 Å². The molecular weight excluding hydrogens is 170 g/mol. The fraction of sp³-hybridized carbons (Fsp3) is 0. The molecule has 2 aromatic rings. The van der Waals surface area contributed by atoms with Crippen molar-refractivity contribution in [1.29, 1.82) is 5.26 Å². The first-order chi connectivity index (χ1) is 5.83. The highest BCUT2D eigenvalue weighted by Crippen LogP contribution is 2.26. The normalized spacial score (nSPS) is 9.92. The predicted octanol–water partition coefficient (Wildman–Crippen LogP) is 1.75. The molecular formula is C8H5N3S. The lowest BCUT2D eigenvalue weighted by Crippen LogP contribution is -1.85. The Bertz CT molecular complexity index is 467. The van der Waals surface area contributed by atoms with Crippen LogP contribution in [0.4, 0.5) is 5.82 Å². The van der Waals surface area contributed by atoms with Gasteiger partial charge in [0.1, 0.15) is 5.82 Å². The van der Waals surface area contributed by atoms with Crippen molar-refractivity contribution in [2.45, 2.75) is 0 Å². The van der Waals surface area contributed by atoms with Crippen LogP contribution in [0.1, 0.15) is 5.56 Å². The second-order valence-electron chi connectivity index (χ2n) is 2.36. The Kier molecular flexibility index (Phi) is 1.45. The molecule has 0 saturated carbocycles. The zero-order valence-corrected chi connectivity index (χ0v) is 6.93. The number of hydrogen-bond donors (Lipinski definition) is 1. The van der Waals surface area contributed by atoms with Crippen LogP contribution in [0, 0.1) is 11.3 Å².